The van der Waals surface area contributed by atoms with Gasteiger partial charge in [0.1, 0.15) is 11.6 Å². The molecule has 0 bridgehead atoms. The van der Waals surface area contributed by atoms with Crippen LogP contribution in [0.5, 0.6) is 5.75 Å². The molecule has 0 atom stereocenters. The van der Waals surface area contributed by atoms with Crippen molar-refractivity contribution in [2.24, 2.45) is 0 Å². The second-order valence-corrected chi connectivity index (χ2v) is 6.33. The van der Waals surface area contributed by atoms with Gasteiger partial charge in [0.25, 0.3) is 0 Å². The van der Waals surface area contributed by atoms with Gasteiger partial charge in [0, 0.05) is 23.4 Å². The van der Waals surface area contributed by atoms with E-state index in [1.807, 2.05) is 55.5 Å². The van der Waals surface area contributed by atoms with Crippen LogP contribution in [0.15, 0.2) is 60.7 Å². The van der Waals surface area contributed by atoms with E-state index in [-0.39, 0.29) is 0 Å². The van der Waals surface area contributed by atoms with Crippen LogP contribution in [-0.4, -0.2) is 22.6 Å². The molecule has 2 aromatic carbocycles. The molecule has 1 aliphatic carbocycles. The van der Waals surface area contributed by atoms with E-state index in [1.165, 1.54) is 12.8 Å². The molecular formula is C21H22N4O. The van der Waals surface area contributed by atoms with Crippen LogP contribution in [0, 0.1) is 0 Å². The Hall–Kier alpha value is -3.08. The summed E-state index contributed by atoms with van der Waals surface area (Å²) in [5.41, 5.74) is 2.90. The summed E-state index contributed by atoms with van der Waals surface area (Å²) in [6.07, 6.45) is 2.40. The predicted molar refractivity (Wildman–Crippen MR) is 105 cm³/mol. The predicted octanol–water partition coefficient (Wildman–Crippen LogP) is 4.86. The molecule has 0 saturated heterocycles. The van der Waals surface area contributed by atoms with Crippen LogP contribution in [0.4, 0.5) is 17.5 Å². The van der Waals surface area contributed by atoms with Gasteiger partial charge < -0.3 is 15.4 Å². The molecule has 0 radical (unpaired) electrons. The summed E-state index contributed by atoms with van der Waals surface area (Å²) in [4.78, 5) is 9.32. The number of nitrogens with zero attached hydrogens (tertiary/aromatic N) is 2. The summed E-state index contributed by atoms with van der Waals surface area (Å²) in [5, 5.41) is 6.77. The second kappa shape index (κ2) is 7.44. The minimum atomic E-state index is 0.534. The Morgan fingerprint density at radius 1 is 1.00 bits per heavy atom. The van der Waals surface area contributed by atoms with Crippen LogP contribution < -0.4 is 15.4 Å². The molecule has 4 rings (SSSR count). The summed E-state index contributed by atoms with van der Waals surface area (Å²) < 4.78 is 5.49. The fourth-order valence-electron chi connectivity index (χ4n) is 2.70. The SMILES string of the molecule is CCOc1ccc(Nc2nc(NC3CC3)cc(-c3ccccc3)n2)cc1. The van der Waals surface area contributed by atoms with E-state index in [1.54, 1.807) is 0 Å². The number of aromatic nitrogens is 2. The molecule has 5 heteroatoms. The summed E-state index contributed by atoms with van der Waals surface area (Å²) in [5.74, 6) is 2.29. The highest BCUT2D eigenvalue weighted by Crippen LogP contribution is 2.28. The van der Waals surface area contributed by atoms with E-state index in [0.29, 0.717) is 18.6 Å². The Labute approximate surface area is 153 Å². The number of ether oxygens (including phenoxy) is 1. The molecule has 5 nitrogen and oxygen atoms in total. The molecule has 3 aromatic rings. The Morgan fingerprint density at radius 2 is 1.77 bits per heavy atom. The van der Waals surface area contributed by atoms with Gasteiger partial charge in [0.15, 0.2) is 0 Å². The number of benzene rings is 2. The van der Waals surface area contributed by atoms with Crippen LogP contribution in [0.1, 0.15) is 19.8 Å². The van der Waals surface area contributed by atoms with E-state index in [2.05, 4.69) is 27.8 Å². The molecule has 26 heavy (non-hydrogen) atoms. The van der Waals surface area contributed by atoms with Crippen molar-refractivity contribution in [2.45, 2.75) is 25.8 Å². The minimum Gasteiger partial charge on any atom is -0.494 e. The molecule has 0 aliphatic heterocycles. The van der Waals surface area contributed by atoms with Crippen LogP contribution in [-0.2, 0) is 0 Å². The second-order valence-electron chi connectivity index (χ2n) is 6.33. The quantitative estimate of drug-likeness (QED) is 0.640. The zero-order chi connectivity index (χ0) is 17.8. The largest absolute Gasteiger partial charge is 0.494 e. The van der Waals surface area contributed by atoms with Crippen LogP contribution in [0.25, 0.3) is 11.3 Å². The molecule has 2 N–H and O–H groups in total. The standard InChI is InChI=1S/C21H22N4O/c1-2-26-18-12-10-17(11-13-18)23-21-24-19(15-6-4-3-5-7-15)14-20(25-21)22-16-8-9-16/h3-7,10-14,16H,2,8-9H2,1H3,(H2,22,23,24,25). The third kappa shape index (κ3) is 4.11. The van der Waals surface area contributed by atoms with Crippen molar-refractivity contribution in [1.82, 2.24) is 9.97 Å². The summed E-state index contributed by atoms with van der Waals surface area (Å²) in [6.45, 7) is 2.63. The summed E-state index contributed by atoms with van der Waals surface area (Å²) in [6, 6.07) is 20.5. The van der Waals surface area contributed by atoms with Crippen molar-refractivity contribution in [3.05, 3.63) is 60.7 Å². The monoisotopic (exact) mass is 346 g/mol. The van der Waals surface area contributed by atoms with Gasteiger partial charge in [-0.25, -0.2) is 4.98 Å². The first-order valence-corrected chi connectivity index (χ1v) is 9.01. The van der Waals surface area contributed by atoms with Crippen molar-refractivity contribution in [3.8, 4) is 17.0 Å². The third-order valence-corrected chi connectivity index (χ3v) is 4.15. The average Bonchev–Trinajstić information content (AvgIpc) is 3.48. The Morgan fingerprint density at radius 3 is 2.46 bits per heavy atom. The Balaban J connectivity index is 1.61. The molecular weight excluding hydrogens is 324 g/mol. The number of rotatable bonds is 7. The van der Waals surface area contributed by atoms with Gasteiger partial charge in [-0.1, -0.05) is 30.3 Å². The highest BCUT2D eigenvalue weighted by molar-refractivity contribution is 5.66. The van der Waals surface area contributed by atoms with E-state index in [4.69, 9.17) is 9.72 Å². The Kier molecular flexibility index (Phi) is 4.69. The van der Waals surface area contributed by atoms with Crippen molar-refractivity contribution in [1.29, 1.82) is 0 Å². The summed E-state index contributed by atoms with van der Waals surface area (Å²) >= 11 is 0. The highest BCUT2D eigenvalue weighted by atomic mass is 16.5. The fraction of sp³-hybridized carbons (Fsp3) is 0.238. The maximum atomic E-state index is 5.49. The van der Waals surface area contributed by atoms with Gasteiger partial charge in [0.05, 0.1) is 12.3 Å². The van der Waals surface area contributed by atoms with Gasteiger partial charge in [-0.15, -0.1) is 0 Å². The van der Waals surface area contributed by atoms with Crippen molar-refractivity contribution < 1.29 is 4.74 Å². The van der Waals surface area contributed by atoms with Gasteiger partial charge >= 0.3 is 0 Å². The molecule has 0 amide bonds. The lowest BCUT2D eigenvalue weighted by atomic mass is 10.1. The molecule has 1 aliphatic rings. The number of nitrogens with one attached hydrogen (secondary N) is 2. The van der Waals surface area contributed by atoms with Crippen molar-refractivity contribution in [3.63, 3.8) is 0 Å². The fourth-order valence-corrected chi connectivity index (χ4v) is 2.70. The maximum Gasteiger partial charge on any atom is 0.229 e. The smallest absolute Gasteiger partial charge is 0.229 e. The van der Waals surface area contributed by atoms with E-state index < -0.39 is 0 Å². The van der Waals surface area contributed by atoms with E-state index in [0.717, 1.165) is 28.5 Å². The minimum absolute atomic E-state index is 0.534. The molecule has 1 saturated carbocycles. The van der Waals surface area contributed by atoms with Crippen LogP contribution in [0.2, 0.25) is 0 Å². The lowest BCUT2D eigenvalue weighted by Gasteiger charge is -2.11. The molecule has 1 fully saturated rings. The van der Waals surface area contributed by atoms with Gasteiger partial charge in [-0.3, -0.25) is 0 Å². The van der Waals surface area contributed by atoms with Crippen LogP contribution >= 0.6 is 0 Å². The normalized spacial score (nSPS) is 13.3. The third-order valence-electron chi connectivity index (χ3n) is 4.15. The van der Waals surface area contributed by atoms with Gasteiger partial charge in [0.2, 0.25) is 5.95 Å². The maximum absolute atomic E-state index is 5.49. The van der Waals surface area contributed by atoms with Crippen molar-refractivity contribution >= 4 is 17.5 Å². The lowest BCUT2D eigenvalue weighted by molar-refractivity contribution is 0.340. The number of hydrogen-bond donors (Lipinski definition) is 2. The first-order chi connectivity index (χ1) is 12.8. The van der Waals surface area contributed by atoms with Gasteiger partial charge in [-0.05, 0) is 44.0 Å². The highest BCUT2D eigenvalue weighted by Gasteiger charge is 2.22. The molecule has 0 spiro atoms. The van der Waals surface area contributed by atoms with Gasteiger partial charge in [-0.2, -0.15) is 4.98 Å². The molecule has 0 unspecified atom stereocenters. The van der Waals surface area contributed by atoms with Crippen LogP contribution in [0.3, 0.4) is 0 Å². The first-order valence-electron chi connectivity index (χ1n) is 9.01. The number of anilines is 3. The average molecular weight is 346 g/mol. The van der Waals surface area contributed by atoms with E-state index in [9.17, 15) is 0 Å². The number of hydrogen-bond acceptors (Lipinski definition) is 5. The lowest BCUT2D eigenvalue weighted by Crippen LogP contribution is -2.06. The topological polar surface area (TPSA) is 59.1 Å². The zero-order valence-corrected chi connectivity index (χ0v) is 14.8. The van der Waals surface area contributed by atoms with E-state index >= 15 is 0 Å². The summed E-state index contributed by atoms with van der Waals surface area (Å²) in [7, 11) is 0. The zero-order valence-electron chi connectivity index (χ0n) is 14.8. The first kappa shape index (κ1) is 16.4. The Bertz CT molecular complexity index is 861. The molecule has 132 valence electrons. The molecule has 1 heterocycles. The molecule has 1 aromatic heterocycles. The van der Waals surface area contributed by atoms with Crippen molar-refractivity contribution in [2.75, 3.05) is 17.2 Å².